The number of rotatable bonds is 8. The van der Waals surface area contributed by atoms with E-state index in [0.29, 0.717) is 30.6 Å². The Morgan fingerprint density at radius 1 is 1.25 bits per heavy atom. The molecule has 0 aliphatic carbocycles. The van der Waals surface area contributed by atoms with E-state index < -0.39 is 12.0 Å². The standard InChI is InChI=1S/C26H30N2O4/c1-17(2)16-28-13-11-19-9-10-21(15-22(19)24(28)26(29)30)31-14-12-23-18(3)32-25(27-23)20-7-5-4-6-8-20/h4-10,15,17,24H,11-14,16H2,1-3H3,(H,29,30). The Morgan fingerprint density at radius 3 is 2.75 bits per heavy atom. The maximum Gasteiger partial charge on any atom is 0.325 e. The van der Waals surface area contributed by atoms with Crippen molar-refractivity contribution in [1.82, 2.24) is 9.88 Å². The summed E-state index contributed by atoms with van der Waals surface area (Å²) in [6.45, 7) is 8.10. The number of aryl methyl sites for hydroxylation is 1. The van der Waals surface area contributed by atoms with Crippen molar-refractivity contribution in [3.05, 3.63) is 71.1 Å². The van der Waals surface area contributed by atoms with Crippen LogP contribution in [-0.2, 0) is 17.6 Å². The zero-order chi connectivity index (χ0) is 22.7. The molecule has 1 unspecified atom stereocenters. The van der Waals surface area contributed by atoms with Gasteiger partial charge in [0.25, 0.3) is 0 Å². The molecular formula is C26H30N2O4. The zero-order valence-corrected chi connectivity index (χ0v) is 18.9. The molecule has 2 aromatic carbocycles. The lowest BCUT2D eigenvalue weighted by Gasteiger charge is -2.36. The maximum absolute atomic E-state index is 12.1. The predicted molar refractivity (Wildman–Crippen MR) is 123 cm³/mol. The lowest BCUT2D eigenvalue weighted by molar-refractivity contribution is -0.144. The summed E-state index contributed by atoms with van der Waals surface area (Å²) in [5.41, 5.74) is 3.74. The van der Waals surface area contributed by atoms with E-state index >= 15 is 0 Å². The van der Waals surface area contributed by atoms with E-state index in [2.05, 4.69) is 23.7 Å². The van der Waals surface area contributed by atoms with Crippen LogP contribution in [0, 0.1) is 12.8 Å². The summed E-state index contributed by atoms with van der Waals surface area (Å²) in [6.07, 6.45) is 1.47. The topological polar surface area (TPSA) is 75.8 Å². The van der Waals surface area contributed by atoms with Crippen LogP contribution in [0.15, 0.2) is 52.9 Å². The van der Waals surface area contributed by atoms with E-state index in [-0.39, 0.29) is 0 Å². The molecule has 2 heterocycles. The van der Waals surface area contributed by atoms with Crippen LogP contribution in [0.25, 0.3) is 11.5 Å². The first kappa shape index (κ1) is 22.1. The number of nitrogens with zero attached hydrogens (tertiary/aromatic N) is 2. The molecule has 6 heteroatoms. The number of carboxylic acids is 1. The Morgan fingerprint density at radius 2 is 2.03 bits per heavy atom. The zero-order valence-electron chi connectivity index (χ0n) is 18.9. The molecule has 0 amide bonds. The van der Waals surface area contributed by atoms with Gasteiger partial charge in [0.2, 0.25) is 5.89 Å². The molecule has 1 aromatic heterocycles. The summed E-state index contributed by atoms with van der Waals surface area (Å²) in [6, 6.07) is 15.0. The van der Waals surface area contributed by atoms with Crippen molar-refractivity contribution in [3.8, 4) is 17.2 Å². The molecule has 1 aliphatic rings. The van der Waals surface area contributed by atoms with Gasteiger partial charge in [-0.1, -0.05) is 38.1 Å². The average Bonchev–Trinajstić information content (AvgIpc) is 3.14. The highest BCUT2D eigenvalue weighted by Gasteiger charge is 2.33. The molecule has 0 fully saturated rings. The number of benzene rings is 2. The molecular weight excluding hydrogens is 404 g/mol. The van der Waals surface area contributed by atoms with Gasteiger partial charge in [0.1, 0.15) is 17.6 Å². The van der Waals surface area contributed by atoms with E-state index in [0.717, 1.165) is 47.7 Å². The third-order valence-corrected chi connectivity index (χ3v) is 5.80. The third kappa shape index (κ3) is 4.86. The third-order valence-electron chi connectivity index (χ3n) is 5.80. The summed E-state index contributed by atoms with van der Waals surface area (Å²) in [5.74, 6) is 1.68. The molecule has 1 aliphatic heterocycles. The summed E-state index contributed by atoms with van der Waals surface area (Å²) < 4.78 is 11.8. The quantitative estimate of drug-likeness (QED) is 0.543. The van der Waals surface area contributed by atoms with E-state index in [4.69, 9.17) is 9.15 Å². The molecule has 0 spiro atoms. The molecule has 0 bridgehead atoms. The fourth-order valence-electron chi connectivity index (χ4n) is 4.32. The first-order valence-electron chi connectivity index (χ1n) is 11.2. The second-order valence-corrected chi connectivity index (χ2v) is 8.73. The molecule has 3 aromatic rings. The number of hydrogen-bond donors (Lipinski definition) is 1. The van der Waals surface area contributed by atoms with Crippen molar-refractivity contribution in [3.63, 3.8) is 0 Å². The van der Waals surface area contributed by atoms with Crippen LogP contribution in [0.2, 0.25) is 0 Å². The Kier molecular flexibility index (Phi) is 6.61. The summed E-state index contributed by atoms with van der Waals surface area (Å²) in [7, 11) is 0. The first-order valence-corrected chi connectivity index (χ1v) is 11.2. The van der Waals surface area contributed by atoms with E-state index in [1.54, 1.807) is 0 Å². The summed E-state index contributed by atoms with van der Waals surface area (Å²) in [5, 5.41) is 9.91. The van der Waals surface area contributed by atoms with Gasteiger partial charge in [-0.05, 0) is 54.7 Å². The fraction of sp³-hybridized carbons (Fsp3) is 0.385. The molecule has 6 nitrogen and oxygen atoms in total. The normalized spacial score (nSPS) is 16.2. The minimum atomic E-state index is -0.810. The van der Waals surface area contributed by atoms with Crippen LogP contribution in [0.3, 0.4) is 0 Å². The molecule has 168 valence electrons. The number of aromatic nitrogens is 1. The van der Waals surface area contributed by atoms with Gasteiger partial charge in [-0.15, -0.1) is 0 Å². The Balaban J connectivity index is 1.45. The van der Waals surface area contributed by atoms with Crippen LogP contribution in [0.4, 0.5) is 0 Å². The Labute approximate surface area is 188 Å². The van der Waals surface area contributed by atoms with Crippen LogP contribution in [0.5, 0.6) is 5.75 Å². The van der Waals surface area contributed by atoms with Gasteiger partial charge < -0.3 is 14.3 Å². The molecule has 4 rings (SSSR count). The average molecular weight is 435 g/mol. The van der Waals surface area contributed by atoms with E-state index in [1.807, 2.05) is 55.5 Å². The van der Waals surface area contributed by atoms with Gasteiger partial charge in [0, 0.05) is 25.1 Å². The van der Waals surface area contributed by atoms with Gasteiger partial charge in [-0.25, -0.2) is 4.98 Å². The van der Waals surface area contributed by atoms with Crippen molar-refractivity contribution < 1.29 is 19.1 Å². The molecule has 0 radical (unpaired) electrons. The smallest absolute Gasteiger partial charge is 0.325 e. The first-order chi connectivity index (χ1) is 15.4. The van der Waals surface area contributed by atoms with Crippen LogP contribution < -0.4 is 4.74 Å². The molecule has 0 saturated heterocycles. The second kappa shape index (κ2) is 9.57. The highest BCUT2D eigenvalue weighted by Crippen LogP contribution is 2.33. The lowest BCUT2D eigenvalue weighted by atomic mass is 9.91. The van der Waals surface area contributed by atoms with Crippen molar-refractivity contribution in [1.29, 1.82) is 0 Å². The number of carbonyl (C=O) groups is 1. The molecule has 1 atom stereocenters. The lowest BCUT2D eigenvalue weighted by Crippen LogP contribution is -2.41. The molecule has 0 saturated carbocycles. The van der Waals surface area contributed by atoms with E-state index in [1.165, 1.54) is 0 Å². The van der Waals surface area contributed by atoms with Crippen LogP contribution >= 0.6 is 0 Å². The van der Waals surface area contributed by atoms with Crippen LogP contribution in [-0.4, -0.2) is 40.7 Å². The largest absolute Gasteiger partial charge is 0.493 e. The van der Waals surface area contributed by atoms with Crippen LogP contribution in [0.1, 0.15) is 42.5 Å². The van der Waals surface area contributed by atoms with E-state index in [9.17, 15) is 9.90 Å². The fourth-order valence-corrected chi connectivity index (χ4v) is 4.32. The van der Waals surface area contributed by atoms with Crippen molar-refractivity contribution >= 4 is 5.97 Å². The number of carboxylic acid groups (broad SMARTS) is 1. The minimum Gasteiger partial charge on any atom is -0.493 e. The highest BCUT2D eigenvalue weighted by atomic mass is 16.5. The van der Waals surface area contributed by atoms with Gasteiger partial charge in [0.05, 0.1) is 12.3 Å². The van der Waals surface area contributed by atoms with Crippen molar-refractivity contribution in [2.75, 3.05) is 19.7 Å². The predicted octanol–water partition coefficient (Wildman–Crippen LogP) is 4.91. The molecule has 32 heavy (non-hydrogen) atoms. The van der Waals surface area contributed by atoms with Crippen molar-refractivity contribution in [2.24, 2.45) is 5.92 Å². The number of ether oxygens (including phenoxy) is 1. The van der Waals surface area contributed by atoms with Crippen molar-refractivity contribution in [2.45, 2.75) is 39.7 Å². The Hall–Kier alpha value is -3.12. The number of aliphatic carboxylic acids is 1. The minimum absolute atomic E-state index is 0.407. The van der Waals surface area contributed by atoms with Gasteiger partial charge >= 0.3 is 5.97 Å². The van der Waals surface area contributed by atoms with Gasteiger partial charge in [0.15, 0.2) is 0 Å². The SMILES string of the molecule is Cc1oc(-c2ccccc2)nc1CCOc1ccc2c(c1)C(C(=O)O)N(CC(C)C)CC2. The maximum atomic E-state index is 12.1. The highest BCUT2D eigenvalue weighted by molar-refractivity contribution is 5.77. The molecule has 1 N–H and O–H groups in total. The number of fused-ring (bicyclic) bond motifs is 1. The van der Waals surface area contributed by atoms with Gasteiger partial charge in [-0.2, -0.15) is 0 Å². The van der Waals surface area contributed by atoms with Gasteiger partial charge in [-0.3, -0.25) is 9.69 Å². The summed E-state index contributed by atoms with van der Waals surface area (Å²) >= 11 is 0. The second-order valence-electron chi connectivity index (χ2n) is 8.73. The number of oxazole rings is 1. The Bertz CT molecular complexity index is 1070. The number of hydrogen-bond acceptors (Lipinski definition) is 5. The summed E-state index contributed by atoms with van der Waals surface area (Å²) in [4.78, 5) is 18.8. The monoisotopic (exact) mass is 434 g/mol.